The van der Waals surface area contributed by atoms with Gasteiger partial charge in [0.1, 0.15) is 0 Å². The average Bonchev–Trinajstić information content (AvgIpc) is 1.37. The first-order valence-corrected chi connectivity index (χ1v) is 1.65. The molecule has 0 aromatic heterocycles. The molecule has 0 radical (unpaired) electrons. The van der Waals surface area contributed by atoms with Crippen LogP contribution in [-0.4, -0.2) is 12.4 Å². The predicted octanol–water partition coefficient (Wildman–Crippen LogP) is -7.10. The van der Waals surface area contributed by atoms with Crippen molar-refractivity contribution in [2.75, 3.05) is 12.4 Å². The van der Waals surface area contributed by atoms with Crippen LogP contribution >= 0.6 is 0 Å². The van der Waals surface area contributed by atoms with Crippen LogP contribution in [0.2, 0.25) is 0 Å². The summed E-state index contributed by atoms with van der Waals surface area (Å²) in [5, 5.41) is 9.19. The van der Waals surface area contributed by atoms with Crippen LogP contribution in [-0.2, 0) is 12.6 Å². The third-order valence-electron chi connectivity index (χ3n) is 0.0833. The quantitative estimate of drug-likeness (QED) is 0.255. The first kappa shape index (κ1) is 15.7. The van der Waals surface area contributed by atoms with Crippen LogP contribution in [0.3, 0.4) is 0 Å². The second kappa shape index (κ2) is 15.7. The van der Waals surface area contributed by atoms with Gasteiger partial charge in [0.15, 0.2) is 0 Å². The van der Waals surface area contributed by atoms with Crippen molar-refractivity contribution in [1.82, 2.24) is 0 Å². The van der Waals surface area contributed by atoms with E-state index in [0.717, 1.165) is 0 Å². The Balaban J connectivity index is -0.0000000450. The molecule has 0 saturated carbocycles. The van der Waals surface area contributed by atoms with Crippen LogP contribution in [0.4, 0.5) is 0 Å². The molecule has 0 amide bonds. The van der Waals surface area contributed by atoms with Crippen molar-refractivity contribution >= 4 is 12.6 Å². The Morgan fingerprint density at radius 3 is 1.50 bits per heavy atom. The van der Waals surface area contributed by atoms with Crippen LogP contribution in [0, 0.1) is 0 Å². The molecule has 0 rings (SSSR count). The van der Waals surface area contributed by atoms with E-state index in [1.54, 1.807) is 0 Å². The van der Waals surface area contributed by atoms with Gasteiger partial charge in [0.25, 0.3) is 0 Å². The second-order valence-electron chi connectivity index (χ2n) is 0.408. The summed E-state index contributed by atoms with van der Waals surface area (Å²) in [5.74, 6) is 0.347. The molecule has 0 spiro atoms. The molecule has 0 N–H and O–H groups in total. The second-order valence-corrected chi connectivity index (χ2v) is 0.816. The van der Waals surface area contributed by atoms with Crippen molar-refractivity contribution in [3.05, 3.63) is 0 Å². The van der Waals surface area contributed by atoms with Crippen LogP contribution in [0.15, 0.2) is 0 Å². The maximum Gasteiger partial charge on any atom is 1.00 e. The van der Waals surface area contributed by atoms with Gasteiger partial charge in [0.05, 0.1) is 0 Å². The molecule has 0 saturated heterocycles. The minimum absolute atomic E-state index is 0. The Kier molecular flexibility index (Phi) is 41.1. The van der Waals surface area contributed by atoms with E-state index in [1.807, 2.05) is 0 Å². The van der Waals surface area contributed by atoms with E-state index >= 15 is 0 Å². The van der Waals surface area contributed by atoms with Gasteiger partial charge < -0.3 is 17.7 Å². The molecule has 1 nitrogen and oxygen atoms in total. The zero-order valence-electron chi connectivity index (χ0n) is 4.23. The summed E-state index contributed by atoms with van der Waals surface area (Å²) in [6, 6.07) is 0. The Labute approximate surface area is 87.9 Å². The molecule has 0 heterocycles. The molecule has 0 aliphatic carbocycles. The van der Waals surface area contributed by atoms with Crippen molar-refractivity contribution in [1.29, 1.82) is 0 Å². The van der Waals surface area contributed by atoms with Crippen LogP contribution in [0.1, 0.15) is 0 Å². The summed E-state index contributed by atoms with van der Waals surface area (Å²) in [6.07, 6.45) is 0. The van der Waals surface area contributed by atoms with E-state index in [4.69, 9.17) is 0 Å². The fourth-order valence-electron chi connectivity index (χ4n) is 0. The molecule has 0 fully saturated rings. The smallest absolute Gasteiger partial charge is 0.856 e. The third-order valence-corrected chi connectivity index (χ3v) is 0.250. The van der Waals surface area contributed by atoms with E-state index < -0.39 is 0 Å². The number of hydrogen-bond acceptors (Lipinski definition) is 2. The minimum atomic E-state index is -0.116. The van der Waals surface area contributed by atoms with Crippen LogP contribution in [0.5, 0.6) is 0 Å². The molecule has 26 valence electrons. The molecule has 0 aliphatic rings. The summed E-state index contributed by atoms with van der Waals surface area (Å²) < 4.78 is 0. The van der Waals surface area contributed by atoms with Gasteiger partial charge in [-0.05, 0) is 0 Å². The summed E-state index contributed by atoms with van der Waals surface area (Å²) in [4.78, 5) is 0. The van der Waals surface area contributed by atoms with Crippen LogP contribution in [0.25, 0.3) is 0 Å². The zero-order chi connectivity index (χ0) is 3.41. The average molecular weight is 122 g/mol. The molecular formula is C2H4Na2OS. The first-order valence-electron chi connectivity index (χ1n) is 1.08. The molecule has 0 bridgehead atoms. The van der Waals surface area contributed by atoms with Crippen molar-refractivity contribution in [3.63, 3.8) is 0 Å². The van der Waals surface area contributed by atoms with Gasteiger partial charge in [-0.2, -0.15) is 12.4 Å². The summed E-state index contributed by atoms with van der Waals surface area (Å²) in [7, 11) is 0. The Hall–Kier alpha value is 2.31. The maximum atomic E-state index is 9.19. The van der Waals surface area contributed by atoms with Gasteiger partial charge in [-0.25, -0.2) is 0 Å². The van der Waals surface area contributed by atoms with E-state index in [1.165, 1.54) is 0 Å². The standard InChI is InChI=1S/C2H5OS.2Na/c3-1-2-4;;/h4H,1-2H2;;/q-1;2*+1/p-1. The fraction of sp³-hybridized carbons (Fsp3) is 1.00. The van der Waals surface area contributed by atoms with Gasteiger partial charge >= 0.3 is 59.1 Å². The van der Waals surface area contributed by atoms with Crippen LogP contribution < -0.4 is 64.2 Å². The monoisotopic (exact) mass is 122 g/mol. The molecule has 0 aliphatic heterocycles. The normalized spacial score (nSPS) is 5.00. The third kappa shape index (κ3) is 16.2. The molecular weight excluding hydrogens is 118 g/mol. The van der Waals surface area contributed by atoms with E-state index in [2.05, 4.69) is 12.6 Å². The zero-order valence-corrected chi connectivity index (χ0v) is 9.05. The Bertz CT molecular complexity index is 13.5. The van der Waals surface area contributed by atoms with Crippen molar-refractivity contribution < 1.29 is 64.2 Å². The topological polar surface area (TPSA) is 23.1 Å². The molecule has 4 heteroatoms. The van der Waals surface area contributed by atoms with Gasteiger partial charge in [0, 0.05) is 0 Å². The molecule has 6 heavy (non-hydrogen) atoms. The van der Waals surface area contributed by atoms with E-state index in [9.17, 15) is 5.11 Å². The van der Waals surface area contributed by atoms with Gasteiger partial charge in [-0.15, -0.1) is 0 Å². The molecule has 0 aromatic carbocycles. The number of hydrogen-bond donors (Lipinski definition) is 0. The van der Waals surface area contributed by atoms with E-state index in [0.29, 0.717) is 5.75 Å². The molecule has 0 aromatic rings. The largest absolute Gasteiger partial charge is 1.00 e. The summed E-state index contributed by atoms with van der Waals surface area (Å²) in [6.45, 7) is -0.116. The van der Waals surface area contributed by atoms with Crippen molar-refractivity contribution in [3.8, 4) is 0 Å². The summed E-state index contributed by atoms with van der Waals surface area (Å²) >= 11 is 4.24. The van der Waals surface area contributed by atoms with Gasteiger partial charge in [0.2, 0.25) is 0 Å². The first-order chi connectivity index (χ1) is 1.91. The number of rotatable bonds is 1. The molecule has 0 unspecified atom stereocenters. The minimum Gasteiger partial charge on any atom is -0.856 e. The molecule has 0 atom stereocenters. The van der Waals surface area contributed by atoms with E-state index in [-0.39, 0.29) is 65.7 Å². The van der Waals surface area contributed by atoms with Gasteiger partial charge in [-0.1, -0.05) is 0 Å². The SMILES string of the molecule is [Na+].[Na+].[O-]CC[S-]. The Morgan fingerprint density at radius 1 is 1.33 bits per heavy atom. The summed E-state index contributed by atoms with van der Waals surface area (Å²) in [5.41, 5.74) is 0. The van der Waals surface area contributed by atoms with Crippen molar-refractivity contribution in [2.45, 2.75) is 0 Å². The Morgan fingerprint density at radius 2 is 1.50 bits per heavy atom. The van der Waals surface area contributed by atoms with Gasteiger partial charge in [-0.3, -0.25) is 0 Å². The predicted molar refractivity (Wildman–Crippen MR) is 17.1 cm³/mol. The van der Waals surface area contributed by atoms with Crippen molar-refractivity contribution in [2.24, 2.45) is 0 Å². The fourth-order valence-corrected chi connectivity index (χ4v) is 0. The maximum absolute atomic E-state index is 9.19.